The number of hydrogen-bond donors (Lipinski definition) is 1. The summed E-state index contributed by atoms with van der Waals surface area (Å²) in [4.78, 5) is 0. The summed E-state index contributed by atoms with van der Waals surface area (Å²) >= 11 is 11.5. The quantitative estimate of drug-likeness (QED) is 0.460. The Morgan fingerprint density at radius 1 is 1.38 bits per heavy atom. The average Bonchev–Trinajstić information content (AvgIpc) is 2.11. The summed E-state index contributed by atoms with van der Waals surface area (Å²) in [6.07, 6.45) is 0.577. The summed E-state index contributed by atoms with van der Waals surface area (Å²) < 4.78 is 0. The van der Waals surface area contributed by atoms with Gasteiger partial charge in [-0.05, 0) is 24.6 Å². The molecule has 0 aliphatic rings. The van der Waals surface area contributed by atoms with Gasteiger partial charge in [0.15, 0.2) is 0 Å². The van der Waals surface area contributed by atoms with E-state index in [1.165, 1.54) is 0 Å². The maximum atomic E-state index is 8.45. The fraction of sp³-hybridized carbons (Fsp3) is 0.222. The molecule has 0 saturated carbocycles. The molecular weight excluding hydrogens is 209 g/mol. The van der Waals surface area contributed by atoms with Crippen LogP contribution >= 0.6 is 23.2 Å². The van der Waals surface area contributed by atoms with E-state index in [1.807, 2.05) is 6.07 Å². The minimum absolute atomic E-state index is 0.518. The van der Waals surface area contributed by atoms with Gasteiger partial charge in [0.2, 0.25) is 0 Å². The Kier molecular flexibility index (Phi) is 3.58. The molecule has 0 aromatic heterocycles. The van der Waals surface area contributed by atoms with Crippen LogP contribution < -0.4 is 0 Å². The molecule has 0 aliphatic heterocycles. The molecule has 0 bridgehead atoms. The SMILES string of the molecule is C/C(Cc1ccc(Cl)c(Cl)c1)=N/O. The van der Waals surface area contributed by atoms with Crippen molar-refractivity contribution >= 4 is 28.9 Å². The maximum Gasteiger partial charge on any atom is 0.0595 e. The van der Waals surface area contributed by atoms with Gasteiger partial charge in [-0.1, -0.05) is 34.4 Å². The Morgan fingerprint density at radius 2 is 2.08 bits per heavy atom. The summed E-state index contributed by atoms with van der Waals surface area (Å²) in [6.45, 7) is 1.74. The second-order valence-corrected chi connectivity index (χ2v) is 3.57. The molecule has 1 rings (SSSR count). The highest BCUT2D eigenvalue weighted by Crippen LogP contribution is 2.22. The molecule has 1 N–H and O–H groups in total. The van der Waals surface area contributed by atoms with E-state index in [1.54, 1.807) is 19.1 Å². The summed E-state index contributed by atoms with van der Waals surface area (Å²) in [5, 5.41) is 12.6. The van der Waals surface area contributed by atoms with Crippen LogP contribution in [0.3, 0.4) is 0 Å². The van der Waals surface area contributed by atoms with Crippen molar-refractivity contribution in [1.29, 1.82) is 0 Å². The number of rotatable bonds is 2. The molecule has 0 radical (unpaired) electrons. The minimum atomic E-state index is 0.518. The zero-order valence-electron chi connectivity index (χ0n) is 7.09. The van der Waals surface area contributed by atoms with Crippen LogP contribution in [-0.2, 0) is 6.42 Å². The molecule has 0 spiro atoms. The molecule has 0 aliphatic carbocycles. The molecular formula is C9H9Cl2NO. The van der Waals surface area contributed by atoms with Crippen LogP contribution in [0.5, 0.6) is 0 Å². The molecule has 0 fully saturated rings. The van der Waals surface area contributed by atoms with Gasteiger partial charge in [-0.25, -0.2) is 0 Å². The largest absolute Gasteiger partial charge is 0.411 e. The van der Waals surface area contributed by atoms with Crippen LogP contribution in [0.1, 0.15) is 12.5 Å². The van der Waals surface area contributed by atoms with Gasteiger partial charge in [-0.3, -0.25) is 0 Å². The highest BCUT2D eigenvalue weighted by molar-refractivity contribution is 6.42. The van der Waals surface area contributed by atoms with E-state index in [9.17, 15) is 0 Å². The van der Waals surface area contributed by atoms with Crippen LogP contribution in [0.4, 0.5) is 0 Å². The predicted molar refractivity (Wildman–Crippen MR) is 55.1 cm³/mol. The van der Waals surface area contributed by atoms with Crippen LogP contribution in [0, 0.1) is 0 Å². The first-order valence-corrected chi connectivity index (χ1v) is 4.50. The molecule has 1 aromatic carbocycles. The van der Waals surface area contributed by atoms with Crippen molar-refractivity contribution in [3.63, 3.8) is 0 Å². The van der Waals surface area contributed by atoms with Crippen LogP contribution in [0.2, 0.25) is 10.0 Å². The van der Waals surface area contributed by atoms with Gasteiger partial charge in [-0.2, -0.15) is 0 Å². The number of halogens is 2. The first-order chi connectivity index (χ1) is 6.13. The van der Waals surface area contributed by atoms with E-state index in [4.69, 9.17) is 28.4 Å². The Morgan fingerprint density at radius 3 is 2.62 bits per heavy atom. The van der Waals surface area contributed by atoms with Gasteiger partial charge in [0.25, 0.3) is 0 Å². The lowest BCUT2D eigenvalue weighted by Crippen LogP contribution is -1.96. The van der Waals surface area contributed by atoms with Gasteiger partial charge >= 0.3 is 0 Å². The summed E-state index contributed by atoms with van der Waals surface area (Å²) in [7, 11) is 0. The first-order valence-electron chi connectivity index (χ1n) is 3.75. The third-order valence-corrected chi connectivity index (χ3v) is 2.35. The fourth-order valence-corrected chi connectivity index (χ4v) is 1.30. The number of benzene rings is 1. The molecule has 0 atom stereocenters. The third-order valence-electron chi connectivity index (χ3n) is 1.61. The number of hydrogen-bond acceptors (Lipinski definition) is 2. The molecule has 2 nitrogen and oxygen atoms in total. The van der Waals surface area contributed by atoms with Crippen molar-refractivity contribution in [3.8, 4) is 0 Å². The van der Waals surface area contributed by atoms with Crippen molar-refractivity contribution in [2.24, 2.45) is 5.16 Å². The lowest BCUT2D eigenvalue weighted by molar-refractivity contribution is 0.317. The Labute approximate surface area is 86.8 Å². The van der Waals surface area contributed by atoms with Crippen LogP contribution in [-0.4, -0.2) is 10.9 Å². The Bertz CT molecular complexity index is 336. The standard InChI is InChI=1S/C9H9Cl2NO/c1-6(12-13)4-7-2-3-8(10)9(11)5-7/h2-3,5,13H,4H2,1H3/b12-6-. The smallest absolute Gasteiger partial charge is 0.0595 e. The topological polar surface area (TPSA) is 32.6 Å². The average molecular weight is 218 g/mol. The highest BCUT2D eigenvalue weighted by Gasteiger charge is 2.00. The van der Waals surface area contributed by atoms with E-state index in [-0.39, 0.29) is 0 Å². The molecule has 70 valence electrons. The van der Waals surface area contributed by atoms with E-state index < -0.39 is 0 Å². The van der Waals surface area contributed by atoms with E-state index in [2.05, 4.69) is 5.16 Å². The van der Waals surface area contributed by atoms with Crippen LogP contribution in [0.15, 0.2) is 23.4 Å². The van der Waals surface area contributed by atoms with Crippen molar-refractivity contribution in [2.75, 3.05) is 0 Å². The van der Waals surface area contributed by atoms with Gasteiger partial charge in [0.1, 0.15) is 0 Å². The minimum Gasteiger partial charge on any atom is -0.411 e. The van der Waals surface area contributed by atoms with Gasteiger partial charge < -0.3 is 5.21 Å². The predicted octanol–water partition coefficient (Wildman–Crippen LogP) is 3.39. The molecule has 1 aromatic rings. The zero-order chi connectivity index (χ0) is 9.84. The third kappa shape index (κ3) is 2.90. The van der Waals surface area contributed by atoms with Gasteiger partial charge in [0, 0.05) is 6.42 Å². The highest BCUT2D eigenvalue weighted by atomic mass is 35.5. The number of nitrogens with zero attached hydrogens (tertiary/aromatic N) is 1. The maximum absolute atomic E-state index is 8.45. The summed E-state index contributed by atoms with van der Waals surface area (Å²) in [5.74, 6) is 0. The van der Waals surface area contributed by atoms with Crippen molar-refractivity contribution < 1.29 is 5.21 Å². The number of oxime groups is 1. The Balaban J connectivity index is 2.86. The zero-order valence-corrected chi connectivity index (χ0v) is 8.60. The van der Waals surface area contributed by atoms with Gasteiger partial charge in [0.05, 0.1) is 15.8 Å². The molecule has 0 saturated heterocycles. The van der Waals surface area contributed by atoms with Crippen molar-refractivity contribution in [3.05, 3.63) is 33.8 Å². The van der Waals surface area contributed by atoms with E-state index >= 15 is 0 Å². The molecule has 0 unspecified atom stereocenters. The normalized spacial score (nSPS) is 11.8. The molecule has 0 amide bonds. The first kappa shape index (κ1) is 10.4. The van der Waals surface area contributed by atoms with E-state index in [0.717, 1.165) is 5.56 Å². The monoisotopic (exact) mass is 217 g/mol. The molecule has 13 heavy (non-hydrogen) atoms. The summed E-state index contributed by atoms with van der Waals surface area (Å²) in [6, 6.07) is 5.34. The second-order valence-electron chi connectivity index (χ2n) is 2.76. The molecule has 4 heteroatoms. The van der Waals surface area contributed by atoms with Crippen molar-refractivity contribution in [2.45, 2.75) is 13.3 Å². The lowest BCUT2D eigenvalue weighted by Gasteiger charge is -2.01. The lowest BCUT2D eigenvalue weighted by atomic mass is 10.1. The summed E-state index contributed by atoms with van der Waals surface area (Å²) in [5.41, 5.74) is 1.61. The fourth-order valence-electron chi connectivity index (χ4n) is 0.980. The Hall–Kier alpha value is -0.730. The van der Waals surface area contributed by atoms with Crippen molar-refractivity contribution in [1.82, 2.24) is 0 Å². The molecule has 0 heterocycles. The van der Waals surface area contributed by atoms with Gasteiger partial charge in [-0.15, -0.1) is 0 Å². The van der Waals surface area contributed by atoms with E-state index in [0.29, 0.717) is 22.2 Å². The second kappa shape index (κ2) is 4.49. The van der Waals surface area contributed by atoms with Crippen LogP contribution in [0.25, 0.3) is 0 Å².